The standard InChI is InChI=1S/C27H41N5O6/c1-19(33)24-27(37)31(2)16-17-38-22-11-6-5-10-20(22)25(35)29-21(18-23(34)30-24)26(36)28-12-9-15-32-13-7-3-4-8-14-32/h5-6,10-11,19,21,24,33H,3-4,7-9,12-18H2,1-2H3,(H,28,36)(H,29,35)(H,30,34)/t19-,21+,24+/m1/s1. The highest BCUT2D eigenvalue weighted by Crippen LogP contribution is 2.18. The zero-order chi connectivity index (χ0) is 27.5. The average molecular weight is 532 g/mol. The molecule has 1 aromatic rings. The molecule has 210 valence electrons. The number of hydrogen-bond acceptors (Lipinski definition) is 7. The first kappa shape index (κ1) is 29.4. The second kappa shape index (κ2) is 14.7. The number of ether oxygens (including phenoxy) is 1. The fourth-order valence-corrected chi connectivity index (χ4v) is 4.67. The minimum absolute atomic E-state index is 0.0912. The van der Waals surface area contributed by atoms with Gasteiger partial charge in [-0.25, -0.2) is 0 Å². The van der Waals surface area contributed by atoms with Gasteiger partial charge >= 0.3 is 0 Å². The van der Waals surface area contributed by atoms with Gasteiger partial charge in [0.15, 0.2) is 0 Å². The van der Waals surface area contributed by atoms with Crippen molar-refractivity contribution in [2.24, 2.45) is 0 Å². The number of nitrogens with one attached hydrogen (secondary N) is 3. The maximum Gasteiger partial charge on any atom is 0.255 e. The van der Waals surface area contributed by atoms with E-state index in [1.165, 1.54) is 37.5 Å². The molecule has 3 atom stereocenters. The molecule has 38 heavy (non-hydrogen) atoms. The molecule has 1 saturated heterocycles. The zero-order valence-corrected chi connectivity index (χ0v) is 22.4. The highest BCUT2D eigenvalue weighted by molar-refractivity contribution is 6.01. The zero-order valence-electron chi connectivity index (χ0n) is 22.4. The Kier molecular flexibility index (Phi) is 11.3. The summed E-state index contributed by atoms with van der Waals surface area (Å²) in [5.41, 5.74) is 0.222. The maximum atomic E-state index is 13.1. The van der Waals surface area contributed by atoms with Crippen LogP contribution >= 0.6 is 0 Å². The summed E-state index contributed by atoms with van der Waals surface area (Å²) in [4.78, 5) is 55.8. The maximum absolute atomic E-state index is 13.1. The summed E-state index contributed by atoms with van der Waals surface area (Å²) < 4.78 is 5.77. The summed E-state index contributed by atoms with van der Waals surface area (Å²) in [5.74, 6) is -1.86. The predicted octanol–water partition coefficient (Wildman–Crippen LogP) is 0.274. The molecule has 0 spiro atoms. The van der Waals surface area contributed by atoms with Crippen molar-refractivity contribution >= 4 is 23.6 Å². The number of nitrogens with zero attached hydrogens (tertiary/aromatic N) is 2. The first-order valence-electron chi connectivity index (χ1n) is 13.5. The van der Waals surface area contributed by atoms with E-state index in [4.69, 9.17) is 4.74 Å². The van der Waals surface area contributed by atoms with Gasteiger partial charge < -0.3 is 35.6 Å². The molecule has 2 heterocycles. The van der Waals surface area contributed by atoms with Crippen molar-refractivity contribution in [2.45, 2.75) is 63.6 Å². The van der Waals surface area contributed by atoms with Crippen LogP contribution in [0.15, 0.2) is 24.3 Å². The number of likely N-dealkylation sites (N-methyl/N-ethyl adjacent to an activating group) is 1. The van der Waals surface area contributed by atoms with E-state index >= 15 is 0 Å². The van der Waals surface area contributed by atoms with Crippen molar-refractivity contribution < 1.29 is 29.0 Å². The molecule has 2 aliphatic rings. The molecule has 0 bridgehead atoms. The highest BCUT2D eigenvalue weighted by Gasteiger charge is 2.32. The van der Waals surface area contributed by atoms with Gasteiger partial charge in [0.1, 0.15) is 24.4 Å². The molecular formula is C27H41N5O6. The van der Waals surface area contributed by atoms with E-state index in [9.17, 15) is 24.3 Å². The summed E-state index contributed by atoms with van der Waals surface area (Å²) >= 11 is 0. The lowest BCUT2D eigenvalue weighted by molar-refractivity contribution is -0.139. The van der Waals surface area contributed by atoms with Crippen LogP contribution in [0.4, 0.5) is 0 Å². The van der Waals surface area contributed by atoms with Gasteiger partial charge in [-0.3, -0.25) is 19.2 Å². The Morgan fingerprint density at radius 2 is 1.82 bits per heavy atom. The van der Waals surface area contributed by atoms with Crippen LogP contribution in [0, 0.1) is 0 Å². The molecule has 0 aromatic heterocycles. The second-order valence-corrected chi connectivity index (χ2v) is 10.0. The Hall–Kier alpha value is -3.18. The van der Waals surface area contributed by atoms with E-state index in [0.29, 0.717) is 12.3 Å². The number of carbonyl (C=O) groups excluding carboxylic acids is 4. The first-order chi connectivity index (χ1) is 18.3. The highest BCUT2D eigenvalue weighted by atomic mass is 16.5. The van der Waals surface area contributed by atoms with Crippen molar-refractivity contribution in [3.05, 3.63) is 29.8 Å². The van der Waals surface area contributed by atoms with Gasteiger partial charge in [-0.2, -0.15) is 0 Å². The summed E-state index contributed by atoms with van der Waals surface area (Å²) in [5, 5.41) is 18.2. The topological polar surface area (TPSA) is 140 Å². The van der Waals surface area contributed by atoms with Gasteiger partial charge in [0.2, 0.25) is 17.7 Å². The molecule has 0 unspecified atom stereocenters. The molecule has 0 aliphatic carbocycles. The molecule has 11 heteroatoms. The van der Waals surface area contributed by atoms with Gasteiger partial charge in [0.05, 0.1) is 24.6 Å². The molecule has 1 aromatic carbocycles. The largest absolute Gasteiger partial charge is 0.491 e. The summed E-state index contributed by atoms with van der Waals surface area (Å²) in [6.07, 6.45) is 4.07. The third kappa shape index (κ3) is 8.70. The fraction of sp³-hybridized carbons (Fsp3) is 0.630. The third-order valence-electron chi connectivity index (χ3n) is 6.92. The number of carbonyl (C=O) groups is 4. The summed E-state index contributed by atoms with van der Waals surface area (Å²) in [6.45, 7) is 5.07. The van der Waals surface area contributed by atoms with E-state index in [0.717, 1.165) is 26.1 Å². The number of amides is 4. The number of aliphatic hydroxyl groups is 1. The Morgan fingerprint density at radius 3 is 2.53 bits per heavy atom. The van der Waals surface area contributed by atoms with Gasteiger partial charge in [-0.15, -0.1) is 0 Å². The number of para-hydroxylation sites is 1. The van der Waals surface area contributed by atoms with E-state index in [-0.39, 0.29) is 18.7 Å². The minimum Gasteiger partial charge on any atom is -0.491 e. The lowest BCUT2D eigenvalue weighted by atomic mass is 10.1. The van der Waals surface area contributed by atoms with Crippen LogP contribution in [0.1, 0.15) is 55.8 Å². The molecular weight excluding hydrogens is 490 g/mol. The molecule has 11 nitrogen and oxygen atoms in total. The molecule has 4 amide bonds. The van der Waals surface area contributed by atoms with Crippen LogP contribution in [0.3, 0.4) is 0 Å². The average Bonchev–Trinajstić information content (AvgIpc) is 3.17. The monoisotopic (exact) mass is 531 g/mol. The molecule has 0 saturated carbocycles. The Morgan fingerprint density at radius 1 is 1.11 bits per heavy atom. The number of hydrogen-bond donors (Lipinski definition) is 4. The van der Waals surface area contributed by atoms with Crippen LogP contribution in [0.5, 0.6) is 5.75 Å². The summed E-state index contributed by atoms with van der Waals surface area (Å²) in [6, 6.07) is 4.22. The van der Waals surface area contributed by atoms with Crippen molar-refractivity contribution in [2.75, 3.05) is 46.4 Å². The van der Waals surface area contributed by atoms with E-state index in [2.05, 4.69) is 20.9 Å². The van der Waals surface area contributed by atoms with Gasteiger partial charge in [0, 0.05) is 13.6 Å². The molecule has 1 fully saturated rings. The number of likely N-dealkylation sites (tertiary alicyclic amines) is 1. The smallest absolute Gasteiger partial charge is 0.255 e. The van der Waals surface area contributed by atoms with Crippen molar-refractivity contribution in [3.63, 3.8) is 0 Å². The third-order valence-corrected chi connectivity index (χ3v) is 6.92. The Balaban J connectivity index is 1.72. The summed E-state index contributed by atoms with van der Waals surface area (Å²) in [7, 11) is 1.54. The van der Waals surface area contributed by atoms with Gasteiger partial charge in [0.25, 0.3) is 5.91 Å². The number of fused-ring (bicyclic) bond motifs is 1. The van der Waals surface area contributed by atoms with Crippen LogP contribution in [-0.4, -0.2) is 103 Å². The van der Waals surface area contributed by atoms with E-state index < -0.39 is 48.2 Å². The van der Waals surface area contributed by atoms with Gasteiger partial charge in [-0.1, -0.05) is 25.0 Å². The molecule has 0 radical (unpaired) electrons. The quantitative estimate of drug-likeness (QED) is 0.387. The predicted molar refractivity (Wildman–Crippen MR) is 142 cm³/mol. The Labute approximate surface area is 224 Å². The van der Waals surface area contributed by atoms with Crippen molar-refractivity contribution in [1.82, 2.24) is 25.8 Å². The lowest BCUT2D eigenvalue weighted by Crippen LogP contribution is -2.55. The SMILES string of the molecule is C[C@@H](O)[C@@H]1NC(=O)C[C@@H](C(=O)NCCCN2CCCCCC2)NC(=O)c2ccccc2OCCN(C)C1=O. The van der Waals surface area contributed by atoms with Crippen LogP contribution in [0.25, 0.3) is 0 Å². The molecule has 3 rings (SSSR count). The van der Waals surface area contributed by atoms with Crippen molar-refractivity contribution in [3.8, 4) is 5.75 Å². The van der Waals surface area contributed by atoms with Crippen molar-refractivity contribution in [1.29, 1.82) is 0 Å². The van der Waals surface area contributed by atoms with Crippen LogP contribution in [0.2, 0.25) is 0 Å². The number of benzene rings is 1. The number of aliphatic hydroxyl groups excluding tert-OH is 1. The van der Waals surface area contributed by atoms with E-state index in [1.807, 2.05) is 0 Å². The minimum atomic E-state index is -1.20. The van der Waals surface area contributed by atoms with Crippen LogP contribution < -0.4 is 20.7 Å². The van der Waals surface area contributed by atoms with Gasteiger partial charge in [-0.05, 0) is 58.0 Å². The molecule has 2 aliphatic heterocycles. The lowest BCUT2D eigenvalue weighted by Gasteiger charge is -2.28. The van der Waals surface area contributed by atoms with Crippen LogP contribution in [-0.2, 0) is 14.4 Å². The normalized spacial score (nSPS) is 23.1. The molecule has 4 N–H and O–H groups in total. The second-order valence-electron chi connectivity index (χ2n) is 10.0. The van der Waals surface area contributed by atoms with E-state index in [1.54, 1.807) is 31.3 Å². The Bertz CT molecular complexity index is 963. The number of rotatable bonds is 6. The first-order valence-corrected chi connectivity index (χ1v) is 13.5. The fourth-order valence-electron chi connectivity index (χ4n) is 4.67.